The zero-order valence-electron chi connectivity index (χ0n) is 16.8. The largest absolute Gasteiger partial charge is 0.340 e. The number of nitrogens with zero attached hydrogens (tertiary/aromatic N) is 4. The van der Waals surface area contributed by atoms with E-state index in [0.29, 0.717) is 40.5 Å². The fraction of sp³-hybridized carbons (Fsp3) is 0.227. The number of rotatable bonds is 7. The van der Waals surface area contributed by atoms with Crippen LogP contribution >= 0.6 is 11.8 Å². The number of carbonyl (C=O) groups excluding carboxylic acids is 1. The molecular weight excluding hydrogens is 412 g/mol. The van der Waals surface area contributed by atoms with Crippen LogP contribution in [0.4, 0.5) is 5.69 Å². The number of amides is 1. The molecule has 2 aromatic heterocycles. The molecule has 2 N–H and O–H groups in total. The van der Waals surface area contributed by atoms with Crippen molar-refractivity contribution >= 4 is 23.4 Å². The van der Waals surface area contributed by atoms with Crippen molar-refractivity contribution in [2.75, 3.05) is 5.32 Å². The Balaban J connectivity index is 1.31. The number of hydrogen-bond donors (Lipinski definition) is 2. The summed E-state index contributed by atoms with van der Waals surface area (Å²) in [4.78, 5) is 22.6. The molecule has 2 aromatic carbocycles. The minimum absolute atomic E-state index is 0.182. The maximum atomic E-state index is 13.0. The molecule has 1 aliphatic carbocycles. The smallest absolute Gasteiger partial charge is 0.256 e. The van der Waals surface area contributed by atoms with Crippen LogP contribution < -0.4 is 5.32 Å². The number of anilines is 1. The van der Waals surface area contributed by atoms with Gasteiger partial charge in [-0.1, -0.05) is 29.4 Å². The van der Waals surface area contributed by atoms with Crippen LogP contribution in [0.25, 0.3) is 11.4 Å². The van der Waals surface area contributed by atoms with E-state index in [2.05, 4.69) is 30.6 Å². The predicted molar refractivity (Wildman–Crippen MR) is 117 cm³/mol. The average molecular weight is 433 g/mol. The fourth-order valence-electron chi connectivity index (χ4n) is 3.20. The molecule has 0 aliphatic heterocycles. The van der Waals surface area contributed by atoms with Gasteiger partial charge < -0.3 is 9.84 Å². The van der Waals surface area contributed by atoms with Crippen molar-refractivity contribution in [3.8, 4) is 11.4 Å². The molecule has 2 heterocycles. The van der Waals surface area contributed by atoms with E-state index in [9.17, 15) is 4.79 Å². The summed E-state index contributed by atoms with van der Waals surface area (Å²) >= 11 is 1.49. The lowest BCUT2D eigenvalue weighted by Gasteiger charge is -2.10. The molecule has 1 fully saturated rings. The van der Waals surface area contributed by atoms with Crippen molar-refractivity contribution in [1.29, 1.82) is 0 Å². The van der Waals surface area contributed by atoms with Gasteiger partial charge >= 0.3 is 0 Å². The summed E-state index contributed by atoms with van der Waals surface area (Å²) in [6.45, 7) is 1.75. The minimum Gasteiger partial charge on any atom is -0.340 e. The van der Waals surface area contributed by atoms with E-state index in [1.54, 1.807) is 13.0 Å². The first-order valence-corrected chi connectivity index (χ1v) is 11.0. The molecule has 0 saturated heterocycles. The first kappa shape index (κ1) is 19.5. The predicted octanol–water partition coefficient (Wildman–Crippen LogP) is 4.59. The number of aryl methyl sites for hydroxylation is 1. The summed E-state index contributed by atoms with van der Waals surface area (Å²) in [7, 11) is 0. The Hall–Kier alpha value is -3.46. The third-order valence-corrected chi connectivity index (χ3v) is 5.97. The Bertz CT molecular complexity index is 1230. The molecular formula is C22H20N6O2S. The molecule has 1 amide bonds. The zero-order valence-corrected chi connectivity index (χ0v) is 17.6. The van der Waals surface area contributed by atoms with Crippen molar-refractivity contribution in [2.24, 2.45) is 0 Å². The van der Waals surface area contributed by atoms with E-state index >= 15 is 0 Å². The summed E-state index contributed by atoms with van der Waals surface area (Å²) in [5.74, 6) is 3.55. The number of hydrogen-bond acceptors (Lipinski definition) is 7. The number of nitrogens with one attached hydrogen (secondary N) is 2. The van der Waals surface area contributed by atoms with Crippen molar-refractivity contribution in [2.45, 2.75) is 36.3 Å². The van der Waals surface area contributed by atoms with Crippen LogP contribution in [0.1, 0.15) is 46.7 Å². The molecule has 0 unspecified atom stereocenters. The zero-order chi connectivity index (χ0) is 21.2. The van der Waals surface area contributed by atoms with Gasteiger partial charge in [-0.2, -0.15) is 10.1 Å². The summed E-state index contributed by atoms with van der Waals surface area (Å²) in [6.07, 6.45) is 2.32. The van der Waals surface area contributed by atoms with Gasteiger partial charge in [0.15, 0.2) is 11.6 Å². The molecule has 1 aliphatic rings. The van der Waals surface area contributed by atoms with Gasteiger partial charge in [0, 0.05) is 29.0 Å². The first-order valence-electron chi connectivity index (χ1n) is 10.0. The molecule has 156 valence electrons. The van der Waals surface area contributed by atoms with Crippen LogP contribution in [0.3, 0.4) is 0 Å². The van der Waals surface area contributed by atoms with Crippen molar-refractivity contribution in [3.05, 3.63) is 71.6 Å². The normalized spacial score (nSPS) is 13.3. The monoisotopic (exact) mass is 432 g/mol. The Morgan fingerprint density at radius 2 is 2.06 bits per heavy atom. The number of thioether (sulfide) groups is 1. The van der Waals surface area contributed by atoms with E-state index in [1.807, 2.05) is 42.5 Å². The van der Waals surface area contributed by atoms with Gasteiger partial charge in [0.05, 0.1) is 11.3 Å². The standard InChI is InChI=1S/C22H20N6O2S/c1-13-23-19(28-30-13)12-31-18-8-3-2-7-17(18)22(29)24-16-6-4-5-15(11-16)21-25-20(26-27-21)14-9-10-14/h2-8,11,14H,9-10,12H2,1H3,(H,24,29)(H,25,26,27). The van der Waals surface area contributed by atoms with Crippen LogP contribution in [0.2, 0.25) is 0 Å². The van der Waals surface area contributed by atoms with Crippen molar-refractivity contribution in [1.82, 2.24) is 25.3 Å². The SMILES string of the molecule is Cc1nc(CSc2ccccc2C(=O)Nc2cccc(-c3n[nH]c(C4CC4)n3)c2)no1. The first-order chi connectivity index (χ1) is 15.2. The van der Waals surface area contributed by atoms with E-state index < -0.39 is 0 Å². The van der Waals surface area contributed by atoms with Gasteiger partial charge in [0.1, 0.15) is 5.82 Å². The van der Waals surface area contributed by atoms with Crippen LogP contribution in [0.5, 0.6) is 0 Å². The number of H-pyrrole nitrogens is 1. The second kappa shape index (κ2) is 8.35. The van der Waals surface area contributed by atoms with Crippen LogP contribution in [-0.2, 0) is 5.75 Å². The Labute approximate surface area is 182 Å². The van der Waals surface area contributed by atoms with Gasteiger partial charge in [-0.25, -0.2) is 4.98 Å². The third-order valence-electron chi connectivity index (χ3n) is 4.90. The highest BCUT2D eigenvalue weighted by atomic mass is 32.2. The minimum atomic E-state index is -0.182. The van der Waals surface area contributed by atoms with Crippen LogP contribution in [0, 0.1) is 6.92 Å². The molecule has 4 aromatic rings. The Morgan fingerprint density at radius 3 is 2.87 bits per heavy atom. The Morgan fingerprint density at radius 1 is 1.19 bits per heavy atom. The summed E-state index contributed by atoms with van der Waals surface area (Å²) in [6, 6.07) is 15.0. The lowest BCUT2D eigenvalue weighted by Crippen LogP contribution is -2.13. The summed E-state index contributed by atoms with van der Waals surface area (Å²) < 4.78 is 5.01. The molecule has 9 heteroatoms. The molecule has 0 atom stereocenters. The molecule has 0 bridgehead atoms. The van der Waals surface area contributed by atoms with Gasteiger partial charge in [0.25, 0.3) is 5.91 Å². The van der Waals surface area contributed by atoms with Crippen LogP contribution in [-0.4, -0.2) is 31.2 Å². The van der Waals surface area contributed by atoms with E-state index in [0.717, 1.165) is 29.1 Å². The highest BCUT2D eigenvalue weighted by Crippen LogP contribution is 2.38. The van der Waals surface area contributed by atoms with Gasteiger partial charge in [-0.3, -0.25) is 9.89 Å². The van der Waals surface area contributed by atoms with E-state index in [-0.39, 0.29) is 5.91 Å². The second-order valence-electron chi connectivity index (χ2n) is 7.37. The Kier molecular flexibility index (Phi) is 5.25. The van der Waals surface area contributed by atoms with Crippen molar-refractivity contribution < 1.29 is 9.32 Å². The maximum absolute atomic E-state index is 13.0. The molecule has 0 radical (unpaired) electrons. The summed E-state index contributed by atoms with van der Waals surface area (Å²) in [5, 5.41) is 14.2. The van der Waals surface area contributed by atoms with Gasteiger partial charge in [-0.15, -0.1) is 11.8 Å². The lowest BCUT2D eigenvalue weighted by molar-refractivity contribution is 0.102. The van der Waals surface area contributed by atoms with Gasteiger partial charge in [0.2, 0.25) is 5.89 Å². The van der Waals surface area contributed by atoms with Gasteiger partial charge in [-0.05, 0) is 37.1 Å². The molecule has 31 heavy (non-hydrogen) atoms. The highest BCUT2D eigenvalue weighted by Gasteiger charge is 2.27. The number of aromatic nitrogens is 5. The highest BCUT2D eigenvalue weighted by molar-refractivity contribution is 7.98. The third kappa shape index (κ3) is 4.51. The van der Waals surface area contributed by atoms with E-state index in [1.165, 1.54) is 11.8 Å². The fourth-order valence-corrected chi connectivity index (χ4v) is 4.09. The summed E-state index contributed by atoms with van der Waals surface area (Å²) in [5.41, 5.74) is 2.14. The van der Waals surface area contributed by atoms with E-state index in [4.69, 9.17) is 4.52 Å². The number of benzene rings is 2. The maximum Gasteiger partial charge on any atom is 0.256 e. The topological polar surface area (TPSA) is 110 Å². The molecule has 1 saturated carbocycles. The van der Waals surface area contributed by atoms with Crippen LogP contribution in [0.15, 0.2) is 57.9 Å². The number of aromatic amines is 1. The second-order valence-corrected chi connectivity index (χ2v) is 8.39. The molecule has 5 rings (SSSR count). The average Bonchev–Trinajstić information content (AvgIpc) is 3.36. The lowest BCUT2D eigenvalue weighted by atomic mass is 10.1. The molecule has 0 spiro atoms. The number of carbonyl (C=O) groups is 1. The quantitative estimate of drug-likeness (QED) is 0.411. The van der Waals surface area contributed by atoms with Crippen molar-refractivity contribution in [3.63, 3.8) is 0 Å². The molecule has 8 nitrogen and oxygen atoms in total.